The Labute approximate surface area is 83.0 Å². The van der Waals surface area contributed by atoms with Crippen molar-refractivity contribution in [1.82, 2.24) is 10.6 Å². The Morgan fingerprint density at radius 1 is 1.50 bits per heavy atom. The van der Waals surface area contributed by atoms with Crippen LogP contribution in [0.4, 0.5) is 0 Å². The van der Waals surface area contributed by atoms with Crippen LogP contribution in [0.1, 0.15) is 19.3 Å². The van der Waals surface area contributed by atoms with E-state index in [1.807, 2.05) is 0 Å². The Morgan fingerprint density at radius 2 is 2.29 bits per heavy atom. The van der Waals surface area contributed by atoms with Gasteiger partial charge in [0.15, 0.2) is 0 Å². The fourth-order valence-corrected chi connectivity index (χ4v) is 2.45. The molecule has 2 rings (SSSR count). The van der Waals surface area contributed by atoms with Crippen LogP contribution in [0, 0.1) is 11.8 Å². The van der Waals surface area contributed by atoms with E-state index in [9.17, 15) is 4.79 Å². The van der Waals surface area contributed by atoms with Crippen molar-refractivity contribution in [2.24, 2.45) is 17.6 Å². The SMILES string of the molecule is NC1NC(=O)C2CC(CO)CCC2N1. The molecule has 0 aromatic rings. The summed E-state index contributed by atoms with van der Waals surface area (Å²) >= 11 is 0. The van der Waals surface area contributed by atoms with Crippen molar-refractivity contribution >= 4 is 5.91 Å². The molecule has 2 aliphatic rings. The van der Waals surface area contributed by atoms with Crippen LogP contribution in [0.25, 0.3) is 0 Å². The Kier molecular flexibility index (Phi) is 2.71. The van der Waals surface area contributed by atoms with Crippen LogP contribution in [0.3, 0.4) is 0 Å². The Bertz CT molecular complexity index is 234. The van der Waals surface area contributed by atoms with Gasteiger partial charge in [0, 0.05) is 12.6 Å². The summed E-state index contributed by atoms with van der Waals surface area (Å²) in [4.78, 5) is 11.6. The molecule has 0 aromatic heterocycles. The summed E-state index contributed by atoms with van der Waals surface area (Å²) in [7, 11) is 0. The van der Waals surface area contributed by atoms with Gasteiger partial charge in [-0.2, -0.15) is 0 Å². The number of hydrogen-bond acceptors (Lipinski definition) is 4. The van der Waals surface area contributed by atoms with E-state index in [-0.39, 0.29) is 30.4 Å². The first-order valence-electron chi connectivity index (χ1n) is 5.13. The highest BCUT2D eigenvalue weighted by atomic mass is 16.3. The van der Waals surface area contributed by atoms with Gasteiger partial charge >= 0.3 is 0 Å². The van der Waals surface area contributed by atoms with Crippen molar-refractivity contribution in [3.05, 3.63) is 0 Å². The molecule has 4 unspecified atom stereocenters. The molecule has 5 N–H and O–H groups in total. The molecule has 1 amide bonds. The van der Waals surface area contributed by atoms with E-state index in [1.165, 1.54) is 0 Å². The maximum absolute atomic E-state index is 11.6. The monoisotopic (exact) mass is 199 g/mol. The molecule has 5 heteroatoms. The number of nitrogens with two attached hydrogens (primary N) is 1. The van der Waals surface area contributed by atoms with Crippen LogP contribution < -0.4 is 16.4 Å². The lowest BCUT2D eigenvalue weighted by Gasteiger charge is -2.41. The van der Waals surface area contributed by atoms with E-state index < -0.39 is 6.29 Å². The Balaban J connectivity index is 2.03. The highest BCUT2D eigenvalue weighted by molar-refractivity contribution is 5.80. The highest BCUT2D eigenvalue weighted by Crippen LogP contribution is 2.30. The Hall–Kier alpha value is -0.650. The largest absolute Gasteiger partial charge is 0.396 e. The van der Waals surface area contributed by atoms with Crippen molar-refractivity contribution in [1.29, 1.82) is 0 Å². The van der Waals surface area contributed by atoms with Crippen LogP contribution in [0.15, 0.2) is 0 Å². The average Bonchev–Trinajstić information content (AvgIpc) is 2.17. The lowest BCUT2D eigenvalue weighted by Crippen LogP contribution is -2.66. The summed E-state index contributed by atoms with van der Waals surface area (Å²) < 4.78 is 0. The molecular formula is C9H17N3O2. The van der Waals surface area contributed by atoms with Gasteiger partial charge < -0.3 is 10.4 Å². The summed E-state index contributed by atoms with van der Waals surface area (Å²) in [5, 5.41) is 14.9. The predicted octanol–water partition coefficient (Wildman–Crippen LogP) is -1.27. The normalized spacial score (nSPS) is 42.9. The van der Waals surface area contributed by atoms with Crippen molar-refractivity contribution in [2.45, 2.75) is 31.6 Å². The molecule has 0 spiro atoms. The molecule has 5 nitrogen and oxygen atoms in total. The van der Waals surface area contributed by atoms with Gasteiger partial charge in [0.25, 0.3) is 0 Å². The summed E-state index contributed by atoms with van der Waals surface area (Å²) in [6, 6.07) is 0.196. The second kappa shape index (κ2) is 3.84. The first kappa shape index (κ1) is 9.89. The minimum atomic E-state index is -0.408. The molecule has 1 saturated carbocycles. The number of rotatable bonds is 1. The van der Waals surface area contributed by atoms with Gasteiger partial charge in [-0.05, 0) is 25.2 Å². The van der Waals surface area contributed by atoms with E-state index in [1.54, 1.807) is 0 Å². The van der Waals surface area contributed by atoms with Crippen LogP contribution in [0.5, 0.6) is 0 Å². The highest BCUT2D eigenvalue weighted by Gasteiger charge is 2.39. The second-order valence-electron chi connectivity index (χ2n) is 4.23. The van der Waals surface area contributed by atoms with Gasteiger partial charge in [0.1, 0.15) is 6.29 Å². The molecule has 2 fully saturated rings. The molecule has 0 aromatic carbocycles. The van der Waals surface area contributed by atoms with Gasteiger partial charge in [-0.3, -0.25) is 15.8 Å². The summed E-state index contributed by atoms with van der Waals surface area (Å²) in [6.07, 6.45) is 2.27. The molecule has 80 valence electrons. The standard InChI is InChI=1S/C9H17N3O2/c10-9-11-7-2-1-5(4-13)3-6(7)8(14)12-9/h5-7,9,11,13H,1-4,10H2,(H,12,14). The minimum Gasteiger partial charge on any atom is -0.396 e. The fraction of sp³-hybridized carbons (Fsp3) is 0.889. The van der Waals surface area contributed by atoms with Crippen LogP contribution in [0.2, 0.25) is 0 Å². The number of carbonyl (C=O) groups is 1. The first-order valence-corrected chi connectivity index (χ1v) is 5.13. The molecule has 1 heterocycles. The number of aliphatic hydroxyl groups excluding tert-OH is 1. The minimum absolute atomic E-state index is 0.0132. The molecule has 1 saturated heterocycles. The topological polar surface area (TPSA) is 87.4 Å². The van der Waals surface area contributed by atoms with Crippen molar-refractivity contribution in [3.63, 3.8) is 0 Å². The third kappa shape index (κ3) is 1.75. The smallest absolute Gasteiger partial charge is 0.226 e. The zero-order chi connectivity index (χ0) is 10.1. The lowest BCUT2D eigenvalue weighted by atomic mass is 9.77. The third-order valence-electron chi connectivity index (χ3n) is 3.25. The summed E-state index contributed by atoms with van der Waals surface area (Å²) in [6.45, 7) is 0.183. The molecule has 14 heavy (non-hydrogen) atoms. The molecule has 1 aliphatic heterocycles. The van der Waals surface area contributed by atoms with Gasteiger partial charge in [-0.1, -0.05) is 0 Å². The lowest BCUT2D eigenvalue weighted by molar-refractivity contribution is -0.131. The van der Waals surface area contributed by atoms with Gasteiger partial charge in [-0.25, -0.2) is 0 Å². The van der Waals surface area contributed by atoms with Gasteiger partial charge in [0.05, 0.1) is 5.92 Å². The maximum Gasteiger partial charge on any atom is 0.226 e. The first-order chi connectivity index (χ1) is 6.70. The number of aliphatic hydroxyl groups is 1. The molecule has 1 aliphatic carbocycles. The summed E-state index contributed by atoms with van der Waals surface area (Å²) in [5.74, 6) is 0.290. The van der Waals surface area contributed by atoms with Crippen LogP contribution >= 0.6 is 0 Å². The fourth-order valence-electron chi connectivity index (χ4n) is 2.45. The number of nitrogens with one attached hydrogen (secondary N) is 2. The van der Waals surface area contributed by atoms with E-state index in [2.05, 4.69) is 10.6 Å². The number of fused-ring (bicyclic) bond motifs is 1. The zero-order valence-corrected chi connectivity index (χ0v) is 8.07. The van der Waals surface area contributed by atoms with Gasteiger partial charge in [-0.15, -0.1) is 0 Å². The van der Waals surface area contributed by atoms with Crippen molar-refractivity contribution in [3.8, 4) is 0 Å². The predicted molar refractivity (Wildman–Crippen MR) is 51.0 cm³/mol. The van der Waals surface area contributed by atoms with Crippen molar-refractivity contribution in [2.75, 3.05) is 6.61 Å². The Morgan fingerprint density at radius 3 is 3.00 bits per heavy atom. The van der Waals surface area contributed by atoms with E-state index in [4.69, 9.17) is 10.8 Å². The van der Waals surface area contributed by atoms with Crippen LogP contribution in [-0.2, 0) is 4.79 Å². The number of amides is 1. The molecular weight excluding hydrogens is 182 g/mol. The quantitative estimate of drug-likeness (QED) is 0.424. The van der Waals surface area contributed by atoms with E-state index >= 15 is 0 Å². The van der Waals surface area contributed by atoms with Crippen molar-refractivity contribution < 1.29 is 9.90 Å². The molecule has 0 bridgehead atoms. The number of carbonyl (C=O) groups excluding carboxylic acids is 1. The summed E-state index contributed by atoms with van der Waals surface area (Å²) in [5.41, 5.74) is 5.61. The average molecular weight is 199 g/mol. The third-order valence-corrected chi connectivity index (χ3v) is 3.25. The van der Waals surface area contributed by atoms with Gasteiger partial charge in [0.2, 0.25) is 5.91 Å². The second-order valence-corrected chi connectivity index (χ2v) is 4.23. The molecule has 0 radical (unpaired) electrons. The van der Waals surface area contributed by atoms with E-state index in [0.29, 0.717) is 0 Å². The van der Waals surface area contributed by atoms with Crippen LogP contribution in [-0.4, -0.2) is 30.0 Å². The zero-order valence-electron chi connectivity index (χ0n) is 8.07. The molecule has 4 atom stereocenters. The maximum atomic E-state index is 11.6. The van der Waals surface area contributed by atoms with E-state index in [0.717, 1.165) is 19.3 Å². The number of hydrogen-bond donors (Lipinski definition) is 4.